The topological polar surface area (TPSA) is 73.2 Å². The number of hydrogen-bond donors (Lipinski definition) is 3. The van der Waals surface area contributed by atoms with Gasteiger partial charge in [0.25, 0.3) is 0 Å². The Kier molecular flexibility index (Phi) is 1.71. The summed E-state index contributed by atoms with van der Waals surface area (Å²) in [5.74, 6) is -0.745. The Morgan fingerprint density at radius 2 is 2.50 bits per heavy atom. The maximum atomic E-state index is 10.1. The van der Waals surface area contributed by atoms with E-state index in [2.05, 4.69) is 5.32 Å². The van der Waals surface area contributed by atoms with E-state index in [1.807, 2.05) is 0 Å². The molecule has 1 rings (SSSR count). The standard InChI is InChI=1S/C6H8N2O2/c7-6-4(1-2-8-6)3-5(9)10/h3H,1-2H2,(H2,7,8)(H,9,10)/b4-3-. The van der Waals surface area contributed by atoms with Crippen molar-refractivity contribution in [3.63, 3.8) is 0 Å². The second kappa shape index (κ2) is 2.51. The van der Waals surface area contributed by atoms with Gasteiger partial charge in [0.15, 0.2) is 0 Å². The SMILES string of the molecule is N=C1NCC/C1=C/C(=O)O. The summed E-state index contributed by atoms with van der Waals surface area (Å²) in [7, 11) is 0. The van der Waals surface area contributed by atoms with Crippen LogP contribution in [0.25, 0.3) is 0 Å². The summed E-state index contributed by atoms with van der Waals surface area (Å²) in [5, 5.41) is 18.2. The molecule has 0 atom stereocenters. The summed E-state index contributed by atoms with van der Waals surface area (Å²) in [6, 6.07) is 0. The van der Waals surface area contributed by atoms with E-state index in [0.29, 0.717) is 18.5 Å². The predicted molar refractivity (Wildman–Crippen MR) is 36.1 cm³/mol. The maximum Gasteiger partial charge on any atom is 0.328 e. The lowest BCUT2D eigenvalue weighted by Gasteiger charge is -1.91. The molecule has 0 radical (unpaired) electrons. The van der Waals surface area contributed by atoms with Gasteiger partial charge in [0, 0.05) is 18.2 Å². The fourth-order valence-corrected chi connectivity index (χ4v) is 0.854. The van der Waals surface area contributed by atoms with Crippen molar-refractivity contribution >= 4 is 11.8 Å². The predicted octanol–water partition coefficient (Wildman–Crippen LogP) is -0.0320. The molecule has 0 aromatic heterocycles. The summed E-state index contributed by atoms with van der Waals surface area (Å²) >= 11 is 0. The minimum Gasteiger partial charge on any atom is -0.478 e. The largest absolute Gasteiger partial charge is 0.478 e. The van der Waals surface area contributed by atoms with Crippen molar-refractivity contribution in [3.8, 4) is 0 Å². The number of amidine groups is 1. The first-order valence-electron chi connectivity index (χ1n) is 2.96. The fraction of sp³-hybridized carbons (Fsp3) is 0.333. The quantitative estimate of drug-likeness (QED) is 0.448. The number of aliphatic carboxylic acids is 1. The van der Waals surface area contributed by atoms with Gasteiger partial charge in [-0.3, -0.25) is 5.41 Å². The molecule has 0 unspecified atom stereocenters. The van der Waals surface area contributed by atoms with Crippen LogP contribution in [-0.4, -0.2) is 23.5 Å². The number of carbonyl (C=O) groups is 1. The van der Waals surface area contributed by atoms with Crippen LogP contribution in [0.3, 0.4) is 0 Å². The van der Waals surface area contributed by atoms with Gasteiger partial charge in [0.05, 0.1) is 0 Å². The number of nitrogens with one attached hydrogen (secondary N) is 2. The zero-order valence-corrected chi connectivity index (χ0v) is 5.35. The van der Waals surface area contributed by atoms with Gasteiger partial charge in [0.1, 0.15) is 5.84 Å². The summed E-state index contributed by atoms with van der Waals surface area (Å²) in [4.78, 5) is 10.1. The molecule has 4 heteroatoms. The average molecular weight is 140 g/mol. The van der Waals surface area contributed by atoms with Crippen LogP contribution in [0.5, 0.6) is 0 Å². The summed E-state index contributed by atoms with van der Waals surface area (Å²) < 4.78 is 0. The van der Waals surface area contributed by atoms with Crippen molar-refractivity contribution in [1.29, 1.82) is 5.41 Å². The van der Waals surface area contributed by atoms with Crippen LogP contribution in [0.4, 0.5) is 0 Å². The molecule has 0 saturated carbocycles. The molecule has 0 aromatic carbocycles. The highest BCUT2D eigenvalue weighted by atomic mass is 16.4. The molecule has 0 aliphatic carbocycles. The first-order valence-corrected chi connectivity index (χ1v) is 2.96. The zero-order chi connectivity index (χ0) is 7.56. The van der Waals surface area contributed by atoms with Gasteiger partial charge >= 0.3 is 5.97 Å². The highest BCUT2D eigenvalue weighted by Gasteiger charge is 2.12. The van der Waals surface area contributed by atoms with Gasteiger partial charge in [-0.1, -0.05) is 0 Å². The molecule has 3 N–H and O–H groups in total. The Hall–Kier alpha value is -1.32. The molecule has 54 valence electrons. The van der Waals surface area contributed by atoms with Crippen molar-refractivity contribution in [2.75, 3.05) is 6.54 Å². The average Bonchev–Trinajstić information content (AvgIpc) is 2.15. The second-order valence-electron chi connectivity index (χ2n) is 2.06. The van der Waals surface area contributed by atoms with E-state index >= 15 is 0 Å². The Balaban J connectivity index is 2.72. The van der Waals surface area contributed by atoms with Crippen LogP contribution in [0.2, 0.25) is 0 Å². The Morgan fingerprint density at radius 3 is 2.90 bits per heavy atom. The van der Waals surface area contributed by atoms with Crippen molar-refractivity contribution in [1.82, 2.24) is 5.32 Å². The number of carboxylic acids is 1. The van der Waals surface area contributed by atoms with Crippen molar-refractivity contribution < 1.29 is 9.90 Å². The van der Waals surface area contributed by atoms with E-state index in [1.54, 1.807) is 0 Å². The highest BCUT2D eigenvalue weighted by Crippen LogP contribution is 2.06. The molecule has 1 aliphatic heterocycles. The smallest absolute Gasteiger partial charge is 0.328 e. The minimum absolute atomic E-state index is 0.238. The molecule has 0 amide bonds. The molecule has 0 spiro atoms. The first kappa shape index (κ1) is 6.80. The van der Waals surface area contributed by atoms with Crippen LogP contribution >= 0.6 is 0 Å². The lowest BCUT2D eigenvalue weighted by atomic mass is 10.2. The van der Waals surface area contributed by atoms with Crippen molar-refractivity contribution in [2.24, 2.45) is 0 Å². The lowest BCUT2D eigenvalue weighted by molar-refractivity contribution is -0.131. The molecular formula is C6H8N2O2. The Bertz CT molecular complexity index is 208. The third-order valence-electron chi connectivity index (χ3n) is 1.31. The van der Waals surface area contributed by atoms with Crippen LogP contribution in [0.15, 0.2) is 11.6 Å². The molecule has 0 aromatic rings. The molecular weight excluding hydrogens is 132 g/mol. The van der Waals surface area contributed by atoms with Gasteiger partial charge in [-0.05, 0) is 6.42 Å². The number of rotatable bonds is 1. The normalized spacial score (nSPS) is 21.2. The third-order valence-corrected chi connectivity index (χ3v) is 1.31. The van der Waals surface area contributed by atoms with E-state index in [-0.39, 0.29) is 5.84 Å². The Labute approximate surface area is 58.1 Å². The van der Waals surface area contributed by atoms with Gasteiger partial charge in [-0.2, -0.15) is 0 Å². The number of hydrogen-bond acceptors (Lipinski definition) is 2. The number of carboxylic acid groups (broad SMARTS) is 1. The van der Waals surface area contributed by atoms with Gasteiger partial charge in [-0.15, -0.1) is 0 Å². The van der Waals surface area contributed by atoms with E-state index in [4.69, 9.17) is 10.5 Å². The molecule has 1 saturated heterocycles. The molecule has 0 bridgehead atoms. The highest BCUT2D eigenvalue weighted by molar-refractivity contribution is 6.02. The van der Waals surface area contributed by atoms with Crippen LogP contribution in [0.1, 0.15) is 6.42 Å². The molecule has 4 nitrogen and oxygen atoms in total. The van der Waals surface area contributed by atoms with Gasteiger partial charge in [0.2, 0.25) is 0 Å². The first-order chi connectivity index (χ1) is 4.70. The van der Waals surface area contributed by atoms with Crippen LogP contribution in [-0.2, 0) is 4.79 Å². The minimum atomic E-state index is -0.983. The van der Waals surface area contributed by atoms with Crippen LogP contribution in [0, 0.1) is 5.41 Å². The summed E-state index contributed by atoms with van der Waals surface area (Å²) in [5.41, 5.74) is 0.576. The van der Waals surface area contributed by atoms with Gasteiger partial charge in [-0.25, -0.2) is 4.79 Å². The maximum absolute atomic E-state index is 10.1. The zero-order valence-electron chi connectivity index (χ0n) is 5.35. The second-order valence-corrected chi connectivity index (χ2v) is 2.06. The fourth-order valence-electron chi connectivity index (χ4n) is 0.854. The molecule has 1 heterocycles. The summed E-state index contributed by atoms with van der Waals surface area (Å²) in [6.07, 6.45) is 1.72. The van der Waals surface area contributed by atoms with E-state index < -0.39 is 5.97 Å². The molecule has 1 aliphatic rings. The van der Waals surface area contributed by atoms with Crippen molar-refractivity contribution in [3.05, 3.63) is 11.6 Å². The van der Waals surface area contributed by atoms with E-state index in [1.165, 1.54) is 0 Å². The third kappa shape index (κ3) is 1.34. The van der Waals surface area contributed by atoms with Crippen LogP contribution < -0.4 is 5.32 Å². The van der Waals surface area contributed by atoms with E-state index in [0.717, 1.165) is 6.08 Å². The monoisotopic (exact) mass is 140 g/mol. The van der Waals surface area contributed by atoms with Crippen molar-refractivity contribution in [2.45, 2.75) is 6.42 Å². The van der Waals surface area contributed by atoms with E-state index in [9.17, 15) is 4.79 Å². The lowest BCUT2D eigenvalue weighted by Crippen LogP contribution is -2.13. The molecule has 1 fully saturated rings. The Morgan fingerprint density at radius 1 is 1.80 bits per heavy atom. The summed E-state index contributed by atoms with van der Waals surface area (Å²) in [6.45, 7) is 0.679. The van der Waals surface area contributed by atoms with Gasteiger partial charge < -0.3 is 10.4 Å². The molecule has 10 heavy (non-hydrogen) atoms.